The van der Waals surface area contributed by atoms with E-state index in [-0.39, 0.29) is 35.5 Å². The zero-order chi connectivity index (χ0) is 8.12. The molecule has 0 atom stereocenters. The van der Waals surface area contributed by atoms with Gasteiger partial charge in [-0.2, -0.15) is 19.2 Å². The van der Waals surface area contributed by atoms with E-state index in [1.165, 1.54) is 0 Å². The quantitative estimate of drug-likeness (QED) is 0.569. The molecule has 0 aliphatic carbocycles. The van der Waals surface area contributed by atoms with Crippen LogP contribution in [-0.2, 0) is 19.2 Å². The third-order valence-electron chi connectivity index (χ3n) is 0. The third-order valence-corrected chi connectivity index (χ3v) is 0. The van der Waals surface area contributed by atoms with E-state index in [0.29, 0.717) is 0 Å². The van der Waals surface area contributed by atoms with Crippen molar-refractivity contribution in [2.24, 2.45) is 0 Å². The molecule has 0 amide bonds. The third kappa shape index (κ3) is 1910. The predicted octanol–water partition coefficient (Wildman–Crippen LogP) is -0.380. The molecule has 0 heterocycles. The topological polar surface area (TPSA) is 68.3 Å². The van der Waals surface area contributed by atoms with Gasteiger partial charge in [0.25, 0.3) is 0 Å². The fraction of sp³-hybridized carbons (Fsp3) is 0.500. The molecule has 4 nitrogen and oxygen atoms in total. The molecule has 1 radical (unpaired) electrons. The maximum atomic E-state index is 8.12. The second-order valence-electron chi connectivity index (χ2n) is 0.614. The first-order valence-corrected chi connectivity index (χ1v) is 8.67. The van der Waals surface area contributed by atoms with Crippen molar-refractivity contribution in [3.8, 4) is 0 Å². The summed E-state index contributed by atoms with van der Waals surface area (Å²) in [6, 6.07) is 0. The van der Waals surface area contributed by atoms with Crippen molar-refractivity contribution >= 4 is 35.5 Å². The van der Waals surface area contributed by atoms with Gasteiger partial charge in [-0.05, 0) is 0 Å². The summed E-state index contributed by atoms with van der Waals surface area (Å²) in [4.78, 5) is 32.5. The first kappa shape index (κ1) is 15.9. The Morgan fingerprint density at radius 2 is 0.889 bits per heavy atom. The fourth-order valence-electron chi connectivity index (χ4n) is 0. The van der Waals surface area contributed by atoms with Crippen molar-refractivity contribution in [1.82, 2.24) is 0 Å². The molecule has 0 saturated heterocycles. The maximum absolute atomic E-state index is 8.12. The van der Waals surface area contributed by atoms with E-state index in [2.05, 4.69) is 9.26 Å². The molecule has 0 aromatic rings. The van der Waals surface area contributed by atoms with E-state index < -0.39 is 0 Å². The Kier molecular flexibility index (Phi) is 85.1. The van der Waals surface area contributed by atoms with Crippen LogP contribution < -0.4 is 0 Å². The summed E-state index contributed by atoms with van der Waals surface area (Å²) in [5, 5.41) is 0. The van der Waals surface area contributed by atoms with Gasteiger partial charge in [-0.25, -0.2) is 0 Å². The normalized spacial score (nSPS) is 3.78. The van der Waals surface area contributed by atoms with E-state index in [4.69, 9.17) is 19.2 Å². The molecule has 0 bridgehead atoms. The van der Waals surface area contributed by atoms with Crippen molar-refractivity contribution in [2.75, 3.05) is 0 Å². The first-order valence-electron chi connectivity index (χ1n) is 1.71. The minimum atomic E-state index is 0.167. The summed E-state index contributed by atoms with van der Waals surface area (Å²) in [5.41, 5.74) is 0. The number of hydrogen-bond donors (Lipinski definition) is 0. The molecule has 0 aliphatic rings. The van der Waals surface area contributed by atoms with Crippen LogP contribution in [0.15, 0.2) is 0 Å². The van der Waals surface area contributed by atoms with Gasteiger partial charge in [-0.1, -0.05) is 0 Å². The summed E-state index contributed by atoms with van der Waals surface area (Å²) in [6.45, 7) is 0. The van der Waals surface area contributed by atoms with Gasteiger partial charge >= 0.3 is 44.8 Å². The van der Waals surface area contributed by atoms with Gasteiger partial charge in [0.1, 0.15) is 0 Å². The minimum absolute atomic E-state index is 0.167. The summed E-state index contributed by atoms with van der Waals surface area (Å²) >= 11 is 0.167. The Labute approximate surface area is 64.2 Å². The van der Waals surface area contributed by atoms with Crippen LogP contribution in [-0.4, -0.2) is 35.5 Å². The Hall–Kier alpha value is -0.357. The zero-order valence-electron chi connectivity index (χ0n) is 5.08. The average molecular weight is 327 g/mol. The standard InChI is InChI=1S/2CO2.2CH3.Bi/c2*2-1-3;;;/h;;2*1H3;. The molecule has 0 spiro atoms. The van der Waals surface area contributed by atoms with Gasteiger partial charge < -0.3 is 0 Å². The van der Waals surface area contributed by atoms with E-state index >= 15 is 0 Å². The van der Waals surface area contributed by atoms with Crippen LogP contribution in [0.2, 0.25) is 9.26 Å². The van der Waals surface area contributed by atoms with Crippen LogP contribution in [0.3, 0.4) is 0 Å². The molecule has 0 aromatic heterocycles. The molecule has 9 heavy (non-hydrogen) atoms. The van der Waals surface area contributed by atoms with Gasteiger partial charge in [0.2, 0.25) is 0 Å². The van der Waals surface area contributed by atoms with E-state index in [1.54, 1.807) is 0 Å². The zero-order valence-corrected chi connectivity index (χ0v) is 8.56. The molecule has 0 aliphatic heterocycles. The second kappa shape index (κ2) is 48.3. The molecular weight excluding hydrogens is 321 g/mol. The number of carbonyl (C=O) groups excluding carboxylic acids is 4. The molecule has 0 saturated carbocycles. The van der Waals surface area contributed by atoms with Crippen LogP contribution in [0.25, 0.3) is 0 Å². The van der Waals surface area contributed by atoms with Crippen LogP contribution in [0.4, 0.5) is 0 Å². The molecule has 0 aromatic carbocycles. The van der Waals surface area contributed by atoms with Crippen molar-refractivity contribution in [2.45, 2.75) is 9.26 Å². The fourth-order valence-corrected chi connectivity index (χ4v) is 0. The molecule has 0 fully saturated rings. The summed E-state index contributed by atoms with van der Waals surface area (Å²) in [7, 11) is 0. The van der Waals surface area contributed by atoms with Gasteiger partial charge in [0.05, 0.1) is 0 Å². The van der Waals surface area contributed by atoms with Crippen LogP contribution in [0.5, 0.6) is 0 Å². The SMILES string of the molecule is O=C=O.O=C=O.[CH3][Bi][CH3]. The van der Waals surface area contributed by atoms with Crippen LogP contribution >= 0.6 is 0 Å². The summed E-state index contributed by atoms with van der Waals surface area (Å²) < 4.78 is 4.61. The Morgan fingerprint density at radius 1 is 0.889 bits per heavy atom. The van der Waals surface area contributed by atoms with E-state index in [0.717, 1.165) is 0 Å². The molecule has 5 heteroatoms. The first-order chi connectivity index (χ1) is 4.24. The Morgan fingerprint density at radius 3 is 0.889 bits per heavy atom. The average Bonchev–Trinajstić information content (AvgIpc) is 1.70. The Bertz CT molecular complexity index is 76.7. The molecule has 0 unspecified atom stereocenters. The van der Waals surface area contributed by atoms with Crippen molar-refractivity contribution < 1.29 is 19.2 Å². The molecule has 0 rings (SSSR count). The predicted molar refractivity (Wildman–Crippen MR) is 27.5 cm³/mol. The Balaban J connectivity index is -0.0000000600. The molecular formula is C4H6BiO4. The summed E-state index contributed by atoms with van der Waals surface area (Å²) in [6.07, 6.45) is 0.500. The van der Waals surface area contributed by atoms with Gasteiger partial charge in [-0.15, -0.1) is 0 Å². The van der Waals surface area contributed by atoms with E-state index in [1.807, 2.05) is 0 Å². The van der Waals surface area contributed by atoms with Crippen molar-refractivity contribution in [3.63, 3.8) is 0 Å². The number of rotatable bonds is 0. The van der Waals surface area contributed by atoms with E-state index in [9.17, 15) is 0 Å². The van der Waals surface area contributed by atoms with Crippen LogP contribution in [0, 0.1) is 0 Å². The van der Waals surface area contributed by atoms with Crippen molar-refractivity contribution in [3.05, 3.63) is 0 Å². The molecule has 51 valence electrons. The summed E-state index contributed by atoms with van der Waals surface area (Å²) in [5.74, 6) is 0. The van der Waals surface area contributed by atoms with Gasteiger partial charge in [0.15, 0.2) is 0 Å². The second-order valence-corrected chi connectivity index (χ2v) is 4.09. The molecule has 0 N–H and O–H groups in total. The monoisotopic (exact) mass is 327 g/mol. The number of hydrogen-bond acceptors (Lipinski definition) is 4. The van der Waals surface area contributed by atoms with Crippen LogP contribution in [0.1, 0.15) is 0 Å². The van der Waals surface area contributed by atoms with Gasteiger partial charge in [-0.3, -0.25) is 0 Å². The van der Waals surface area contributed by atoms with Gasteiger partial charge in [0, 0.05) is 0 Å². The van der Waals surface area contributed by atoms with Crippen molar-refractivity contribution in [1.29, 1.82) is 0 Å².